The van der Waals surface area contributed by atoms with Crippen LogP contribution in [0.4, 0.5) is 0 Å². The van der Waals surface area contributed by atoms with Gasteiger partial charge in [0, 0.05) is 18.3 Å². The lowest BCUT2D eigenvalue weighted by molar-refractivity contribution is 0.0969. The Morgan fingerprint density at radius 2 is 1.86 bits per heavy atom. The monoisotopic (exact) mass is 285 g/mol. The largest absolute Gasteiger partial charge is 0.490 e. The normalized spacial score (nSPS) is 10.3. The van der Waals surface area contributed by atoms with E-state index in [1.54, 1.807) is 18.3 Å². The lowest BCUT2D eigenvalue weighted by Crippen LogP contribution is -2.10. The SMILES string of the molecule is CC(=O)c1ccccc1OCCOCCc1ccccn1. The van der Waals surface area contributed by atoms with Crippen molar-refractivity contribution in [3.63, 3.8) is 0 Å². The summed E-state index contributed by atoms with van der Waals surface area (Å²) in [5.74, 6) is 0.611. The zero-order valence-corrected chi connectivity index (χ0v) is 12.1. The van der Waals surface area contributed by atoms with Gasteiger partial charge in [-0.25, -0.2) is 0 Å². The lowest BCUT2D eigenvalue weighted by atomic mass is 10.1. The van der Waals surface area contributed by atoms with Crippen LogP contribution in [0.5, 0.6) is 5.75 Å². The van der Waals surface area contributed by atoms with Crippen molar-refractivity contribution in [3.05, 3.63) is 59.9 Å². The maximum Gasteiger partial charge on any atom is 0.163 e. The molecule has 0 radical (unpaired) electrons. The molecule has 110 valence electrons. The average molecular weight is 285 g/mol. The first-order valence-electron chi connectivity index (χ1n) is 6.98. The highest BCUT2D eigenvalue weighted by Gasteiger charge is 2.06. The van der Waals surface area contributed by atoms with Crippen LogP contribution in [0.15, 0.2) is 48.7 Å². The van der Waals surface area contributed by atoms with Crippen molar-refractivity contribution in [1.82, 2.24) is 4.98 Å². The maximum atomic E-state index is 11.4. The van der Waals surface area contributed by atoms with Gasteiger partial charge in [0.25, 0.3) is 0 Å². The number of para-hydroxylation sites is 1. The van der Waals surface area contributed by atoms with Gasteiger partial charge >= 0.3 is 0 Å². The van der Waals surface area contributed by atoms with Crippen molar-refractivity contribution >= 4 is 5.78 Å². The molecule has 0 saturated heterocycles. The Bertz CT molecular complexity index is 569. The number of ether oxygens (including phenoxy) is 2. The van der Waals surface area contributed by atoms with Gasteiger partial charge in [0.1, 0.15) is 12.4 Å². The molecule has 0 N–H and O–H groups in total. The third kappa shape index (κ3) is 5.00. The number of hydrogen-bond acceptors (Lipinski definition) is 4. The van der Waals surface area contributed by atoms with Crippen LogP contribution in [-0.4, -0.2) is 30.6 Å². The first-order valence-corrected chi connectivity index (χ1v) is 6.98. The van der Waals surface area contributed by atoms with E-state index in [2.05, 4.69) is 4.98 Å². The number of ketones is 1. The first kappa shape index (κ1) is 15.2. The fourth-order valence-corrected chi connectivity index (χ4v) is 1.92. The van der Waals surface area contributed by atoms with Gasteiger partial charge in [0.05, 0.1) is 18.8 Å². The molecule has 0 spiro atoms. The second-order valence-corrected chi connectivity index (χ2v) is 4.58. The van der Waals surface area contributed by atoms with Crippen LogP contribution in [0, 0.1) is 0 Å². The fraction of sp³-hybridized carbons (Fsp3) is 0.294. The summed E-state index contributed by atoms with van der Waals surface area (Å²) in [6.07, 6.45) is 2.56. The number of carbonyl (C=O) groups excluding carboxylic acids is 1. The summed E-state index contributed by atoms with van der Waals surface area (Å²) >= 11 is 0. The Morgan fingerprint density at radius 3 is 2.62 bits per heavy atom. The van der Waals surface area contributed by atoms with Crippen molar-refractivity contribution in [2.45, 2.75) is 13.3 Å². The van der Waals surface area contributed by atoms with Crippen molar-refractivity contribution < 1.29 is 14.3 Å². The summed E-state index contributed by atoms with van der Waals surface area (Å²) in [6, 6.07) is 13.1. The number of Topliss-reactive ketones (excluding diaryl/α,β-unsaturated/α-hetero) is 1. The number of rotatable bonds is 8. The Labute approximate surface area is 124 Å². The van der Waals surface area contributed by atoms with E-state index in [9.17, 15) is 4.79 Å². The van der Waals surface area contributed by atoms with Gasteiger partial charge in [-0.05, 0) is 31.2 Å². The lowest BCUT2D eigenvalue weighted by Gasteiger charge is -2.09. The maximum absolute atomic E-state index is 11.4. The summed E-state index contributed by atoms with van der Waals surface area (Å²) in [4.78, 5) is 15.7. The van der Waals surface area contributed by atoms with Gasteiger partial charge in [-0.3, -0.25) is 9.78 Å². The highest BCUT2D eigenvalue weighted by molar-refractivity contribution is 5.96. The van der Waals surface area contributed by atoms with Crippen LogP contribution < -0.4 is 4.74 Å². The molecule has 0 saturated carbocycles. The van der Waals surface area contributed by atoms with E-state index in [0.717, 1.165) is 12.1 Å². The predicted molar refractivity (Wildman–Crippen MR) is 80.7 cm³/mol. The molecule has 0 aliphatic rings. The molecule has 0 atom stereocenters. The van der Waals surface area contributed by atoms with E-state index in [0.29, 0.717) is 31.1 Å². The highest BCUT2D eigenvalue weighted by atomic mass is 16.5. The minimum absolute atomic E-state index is 0.00155. The van der Waals surface area contributed by atoms with Crippen molar-refractivity contribution in [3.8, 4) is 5.75 Å². The van der Waals surface area contributed by atoms with Crippen LogP contribution in [0.25, 0.3) is 0 Å². The molecule has 2 rings (SSSR count). The molecule has 4 nitrogen and oxygen atoms in total. The minimum atomic E-state index is 0.00155. The molecule has 1 heterocycles. The van der Waals surface area contributed by atoms with E-state index in [1.807, 2.05) is 30.3 Å². The van der Waals surface area contributed by atoms with Crippen molar-refractivity contribution in [2.75, 3.05) is 19.8 Å². The topological polar surface area (TPSA) is 48.4 Å². The van der Waals surface area contributed by atoms with Crippen molar-refractivity contribution in [2.24, 2.45) is 0 Å². The predicted octanol–water partition coefficient (Wildman–Crippen LogP) is 2.92. The molecule has 21 heavy (non-hydrogen) atoms. The number of benzene rings is 1. The Hall–Kier alpha value is -2.20. The zero-order chi connectivity index (χ0) is 14.9. The summed E-state index contributed by atoms with van der Waals surface area (Å²) in [7, 11) is 0. The third-order valence-corrected chi connectivity index (χ3v) is 2.98. The molecule has 1 aromatic carbocycles. The minimum Gasteiger partial charge on any atom is -0.490 e. The summed E-state index contributed by atoms with van der Waals surface area (Å²) in [5.41, 5.74) is 1.62. The third-order valence-electron chi connectivity index (χ3n) is 2.98. The Kier molecular flexibility index (Phi) is 5.91. The second-order valence-electron chi connectivity index (χ2n) is 4.58. The Morgan fingerprint density at radius 1 is 1.05 bits per heavy atom. The second kappa shape index (κ2) is 8.17. The van der Waals surface area contributed by atoms with Crippen LogP contribution in [0.3, 0.4) is 0 Å². The summed E-state index contributed by atoms with van der Waals surface area (Å²) < 4.78 is 11.1. The molecule has 1 aromatic heterocycles. The van der Waals surface area contributed by atoms with Gasteiger partial charge in [-0.1, -0.05) is 18.2 Å². The van der Waals surface area contributed by atoms with Crippen LogP contribution in [0.1, 0.15) is 23.0 Å². The number of carbonyl (C=O) groups is 1. The van der Waals surface area contributed by atoms with Crippen molar-refractivity contribution in [1.29, 1.82) is 0 Å². The van der Waals surface area contributed by atoms with Gasteiger partial charge in [-0.15, -0.1) is 0 Å². The molecular weight excluding hydrogens is 266 g/mol. The molecule has 2 aromatic rings. The first-order chi connectivity index (χ1) is 10.3. The van der Waals surface area contributed by atoms with Gasteiger partial charge < -0.3 is 9.47 Å². The molecule has 0 amide bonds. The molecule has 0 bridgehead atoms. The number of hydrogen-bond donors (Lipinski definition) is 0. The van der Waals surface area contributed by atoms with Crippen LogP contribution in [0.2, 0.25) is 0 Å². The number of nitrogens with zero attached hydrogens (tertiary/aromatic N) is 1. The molecular formula is C17H19NO3. The van der Waals surface area contributed by atoms with E-state index in [4.69, 9.17) is 9.47 Å². The highest BCUT2D eigenvalue weighted by Crippen LogP contribution is 2.18. The number of pyridine rings is 1. The van der Waals surface area contributed by atoms with Gasteiger partial charge in [0.15, 0.2) is 5.78 Å². The Balaban J connectivity index is 1.67. The van der Waals surface area contributed by atoms with E-state index in [1.165, 1.54) is 6.92 Å². The molecule has 0 unspecified atom stereocenters. The molecule has 0 aliphatic carbocycles. The molecule has 0 fully saturated rings. The average Bonchev–Trinajstić information content (AvgIpc) is 2.52. The zero-order valence-electron chi connectivity index (χ0n) is 12.1. The quantitative estimate of drug-likeness (QED) is 0.552. The fourth-order valence-electron chi connectivity index (χ4n) is 1.92. The van der Waals surface area contributed by atoms with Gasteiger partial charge in [0.2, 0.25) is 0 Å². The van der Waals surface area contributed by atoms with E-state index < -0.39 is 0 Å². The van der Waals surface area contributed by atoms with E-state index in [-0.39, 0.29) is 5.78 Å². The standard InChI is InChI=1S/C17H19NO3/c1-14(19)16-7-2-3-8-17(16)21-13-12-20-11-9-15-6-4-5-10-18-15/h2-8,10H,9,11-13H2,1H3. The summed E-state index contributed by atoms with van der Waals surface area (Å²) in [6.45, 7) is 3.05. The van der Waals surface area contributed by atoms with Gasteiger partial charge in [-0.2, -0.15) is 0 Å². The number of aromatic nitrogens is 1. The van der Waals surface area contributed by atoms with E-state index >= 15 is 0 Å². The summed E-state index contributed by atoms with van der Waals surface area (Å²) in [5, 5.41) is 0. The molecule has 0 aliphatic heterocycles. The smallest absolute Gasteiger partial charge is 0.163 e. The van der Waals surface area contributed by atoms with Crippen LogP contribution in [-0.2, 0) is 11.2 Å². The molecule has 4 heteroatoms. The van der Waals surface area contributed by atoms with Crippen LogP contribution >= 0.6 is 0 Å².